The minimum absolute atomic E-state index is 0.0264. The Kier molecular flexibility index (Phi) is 2.12. The van der Waals surface area contributed by atoms with Gasteiger partial charge in [-0.15, -0.1) is 5.92 Å². The van der Waals surface area contributed by atoms with Gasteiger partial charge in [0.1, 0.15) is 0 Å². The van der Waals surface area contributed by atoms with Crippen molar-refractivity contribution < 1.29 is 4.79 Å². The number of likely N-dealkylation sites (tertiary alicyclic amines) is 1. The van der Waals surface area contributed by atoms with Gasteiger partial charge in [-0.25, -0.2) is 0 Å². The van der Waals surface area contributed by atoms with Gasteiger partial charge in [0.05, 0.1) is 6.54 Å². The topological polar surface area (TPSA) is 20.3 Å². The molecule has 82 valence electrons. The van der Waals surface area contributed by atoms with Crippen LogP contribution in [0.25, 0.3) is 0 Å². The number of nitrogens with zero attached hydrogens (tertiary/aromatic N) is 1. The zero-order valence-electron chi connectivity index (χ0n) is 10.1. The van der Waals surface area contributed by atoms with Crippen LogP contribution in [-0.2, 0) is 4.79 Å². The normalized spacial score (nSPS) is 36.7. The van der Waals surface area contributed by atoms with E-state index in [1.807, 2.05) is 11.8 Å². The van der Waals surface area contributed by atoms with Crippen molar-refractivity contribution in [1.82, 2.24) is 4.90 Å². The fraction of sp³-hybridized carbons (Fsp3) is 0.769. The predicted molar refractivity (Wildman–Crippen MR) is 60.1 cm³/mol. The lowest BCUT2D eigenvalue weighted by molar-refractivity contribution is -0.135. The van der Waals surface area contributed by atoms with Crippen molar-refractivity contribution >= 4 is 5.91 Å². The Labute approximate surface area is 92.0 Å². The van der Waals surface area contributed by atoms with Crippen LogP contribution in [0.4, 0.5) is 0 Å². The fourth-order valence-electron chi connectivity index (χ4n) is 3.24. The van der Waals surface area contributed by atoms with Gasteiger partial charge in [0.25, 0.3) is 0 Å². The Hall–Kier alpha value is -0.970. The number of hydrogen-bond donors (Lipinski definition) is 0. The van der Waals surface area contributed by atoms with Gasteiger partial charge in [-0.1, -0.05) is 19.8 Å². The maximum atomic E-state index is 12.2. The maximum Gasteiger partial charge on any atom is 0.227 e. The number of rotatable bonds is 1. The molecule has 1 aliphatic heterocycles. The highest BCUT2D eigenvalue weighted by molar-refractivity contribution is 5.85. The van der Waals surface area contributed by atoms with Crippen LogP contribution in [0.2, 0.25) is 0 Å². The molecule has 0 radical (unpaired) electrons. The van der Waals surface area contributed by atoms with Crippen molar-refractivity contribution in [3.05, 3.63) is 0 Å². The summed E-state index contributed by atoms with van der Waals surface area (Å²) in [6.45, 7) is 9.09. The molecule has 15 heavy (non-hydrogen) atoms. The molecule has 1 saturated heterocycles. The number of carbonyl (C=O) groups excluding carboxylic acids is 1. The molecule has 2 heteroatoms. The van der Waals surface area contributed by atoms with Crippen LogP contribution in [0, 0.1) is 23.2 Å². The van der Waals surface area contributed by atoms with Crippen molar-refractivity contribution in [2.45, 2.75) is 46.1 Å². The minimum atomic E-state index is 0.0264. The van der Waals surface area contributed by atoms with Gasteiger partial charge in [-0.2, -0.15) is 0 Å². The molecule has 0 N–H and O–H groups in total. The summed E-state index contributed by atoms with van der Waals surface area (Å²) < 4.78 is 0. The van der Waals surface area contributed by atoms with Crippen LogP contribution in [0.1, 0.15) is 40.5 Å². The van der Waals surface area contributed by atoms with Crippen molar-refractivity contribution in [1.29, 1.82) is 0 Å². The highest BCUT2D eigenvalue weighted by atomic mass is 16.2. The molecule has 0 spiro atoms. The third-order valence-electron chi connectivity index (χ3n) is 4.75. The van der Waals surface area contributed by atoms with Crippen LogP contribution in [0.5, 0.6) is 0 Å². The molecule has 0 unspecified atom stereocenters. The average Bonchev–Trinajstić information content (AvgIpc) is 2.45. The first-order chi connectivity index (χ1) is 6.95. The monoisotopic (exact) mass is 205 g/mol. The highest BCUT2D eigenvalue weighted by Crippen LogP contribution is 2.59. The summed E-state index contributed by atoms with van der Waals surface area (Å²) in [4.78, 5) is 14.1. The molecule has 2 atom stereocenters. The molecule has 1 heterocycles. The van der Waals surface area contributed by atoms with Crippen LogP contribution in [-0.4, -0.2) is 22.9 Å². The molecule has 2 bridgehead atoms. The summed E-state index contributed by atoms with van der Waals surface area (Å²) in [6, 6.07) is 0. The molecule has 0 aromatic heterocycles. The summed E-state index contributed by atoms with van der Waals surface area (Å²) in [5.74, 6) is 6.44. The lowest BCUT2D eigenvalue weighted by Gasteiger charge is -2.40. The summed E-state index contributed by atoms with van der Waals surface area (Å²) in [6.07, 6.45) is 2.18. The van der Waals surface area contributed by atoms with Crippen LogP contribution in [0.15, 0.2) is 0 Å². The van der Waals surface area contributed by atoms with E-state index in [0.717, 1.165) is 12.8 Å². The molecule has 2 nitrogen and oxygen atoms in total. The zero-order chi connectivity index (χ0) is 11.3. The van der Waals surface area contributed by atoms with E-state index >= 15 is 0 Å². The number of carbonyl (C=O) groups is 1. The number of hydrogen-bond acceptors (Lipinski definition) is 1. The minimum Gasteiger partial charge on any atom is -0.325 e. The molecular weight excluding hydrogens is 186 g/mol. The van der Waals surface area contributed by atoms with Crippen molar-refractivity contribution in [3.8, 4) is 11.8 Å². The summed E-state index contributed by atoms with van der Waals surface area (Å²) in [5.41, 5.74) is 0.137. The third-order valence-corrected chi connectivity index (χ3v) is 4.75. The average molecular weight is 205 g/mol. The summed E-state index contributed by atoms with van der Waals surface area (Å²) in [5, 5.41) is 0. The summed E-state index contributed by atoms with van der Waals surface area (Å²) in [7, 11) is 0. The molecule has 0 aromatic carbocycles. The van der Waals surface area contributed by atoms with Gasteiger partial charge in [0, 0.05) is 11.5 Å². The van der Waals surface area contributed by atoms with Gasteiger partial charge >= 0.3 is 0 Å². The third kappa shape index (κ3) is 1.10. The molecule has 2 aliphatic rings. The first-order valence-electron chi connectivity index (χ1n) is 5.66. The second kappa shape index (κ2) is 3.01. The zero-order valence-corrected chi connectivity index (χ0v) is 10.1. The van der Waals surface area contributed by atoms with E-state index in [1.165, 1.54) is 0 Å². The van der Waals surface area contributed by atoms with E-state index in [4.69, 9.17) is 0 Å². The molecule has 0 aromatic rings. The van der Waals surface area contributed by atoms with Gasteiger partial charge in [0.2, 0.25) is 5.91 Å². The van der Waals surface area contributed by atoms with Crippen LogP contribution < -0.4 is 0 Å². The Balaban J connectivity index is 2.35. The Bertz CT molecular complexity index is 360. The molecule has 1 amide bonds. The molecular formula is C13H19NO. The Morgan fingerprint density at radius 2 is 2.13 bits per heavy atom. The lowest BCUT2D eigenvalue weighted by Crippen LogP contribution is -2.49. The number of fused-ring (bicyclic) bond motifs is 2. The molecule has 1 aliphatic carbocycles. The number of amides is 1. The standard InChI is InChI=1S/C13H19NO/c1-5-6-9-14-11(15)10-7-8-13(14,4)12(10,2)3/h10H,7-9H2,1-4H3/t10-,13-/m1/s1. The van der Waals surface area contributed by atoms with Crippen molar-refractivity contribution in [2.24, 2.45) is 11.3 Å². The van der Waals surface area contributed by atoms with Gasteiger partial charge < -0.3 is 4.90 Å². The largest absolute Gasteiger partial charge is 0.325 e. The molecule has 2 fully saturated rings. The van der Waals surface area contributed by atoms with Crippen molar-refractivity contribution in [2.75, 3.05) is 6.54 Å². The van der Waals surface area contributed by atoms with Gasteiger partial charge in [-0.3, -0.25) is 4.79 Å². The predicted octanol–water partition coefficient (Wildman–Crippen LogP) is 2.05. The van der Waals surface area contributed by atoms with E-state index < -0.39 is 0 Å². The van der Waals surface area contributed by atoms with E-state index in [0.29, 0.717) is 12.5 Å². The highest BCUT2D eigenvalue weighted by Gasteiger charge is 2.64. The molecule has 1 saturated carbocycles. The second-order valence-electron chi connectivity index (χ2n) is 5.44. The van der Waals surface area contributed by atoms with Gasteiger partial charge in [0.15, 0.2) is 0 Å². The lowest BCUT2D eigenvalue weighted by atomic mass is 9.75. The van der Waals surface area contributed by atoms with Crippen molar-refractivity contribution in [3.63, 3.8) is 0 Å². The molecule has 2 rings (SSSR count). The smallest absolute Gasteiger partial charge is 0.227 e. The van der Waals surface area contributed by atoms with Gasteiger partial charge in [-0.05, 0) is 32.1 Å². The summed E-state index contributed by atoms with van der Waals surface area (Å²) >= 11 is 0. The Morgan fingerprint density at radius 1 is 1.47 bits per heavy atom. The van der Waals surface area contributed by atoms with E-state index in [2.05, 4.69) is 32.6 Å². The second-order valence-corrected chi connectivity index (χ2v) is 5.44. The van der Waals surface area contributed by atoms with Crippen LogP contribution in [0.3, 0.4) is 0 Å². The SMILES string of the molecule is CC#CCN1C(=O)[C@H]2CC[C@]1(C)C2(C)C. The van der Waals surface area contributed by atoms with E-state index in [1.54, 1.807) is 0 Å². The first-order valence-corrected chi connectivity index (χ1v) is 5.66. The van der Waals surface area contributed by atoms with E-state index in [-0.39, 0.29) is 16.9 Å². The Morgan fingerprint density at radius 3 is 2.60 bits per heavy atom. The first kappa shape index (κ1) is 10.5. The maximum absolute atomic E-state index is 12.2. The van der Waals surface area contributed by atoms with E-state index in [9.17, 15) is 4.79 Å². The quantitative estimate of drug-likeness (QED) is 0.600. The fourth-order valence-corrected chi connectivity index (χ4v) is 3.24. The van der Waals surface area contributed by atoms with Crippen LogP contribution >= 0.6 is 0 Å². The number of piperidine rings is 1.